The van der Waals surface area contributed by atoms with Gasteiger partial charge in [0.15, 0.2) is 0 Å². The molecule has 0 aromatic heterocycles. The van der Waals surface area contributed by atoms with Crippen LogP contribution in [0, 0.1) is 12.8 Å². The number of aliphatic carboxylic acids is 1. The molecule has 188 valence electrons. The molecule has 3 N–H and O–H groups in total. The smallest absolute Gasteiger partial charge is 0.326 e. The highest BCUT2D eigenvalue weighted by atomic mass is 35.5. The zero-order valence-electron chi connectivity index (χ0n) is 20.1. The number of hydrogen-bond donors (Lipinski definition) is 3. The van der Waals surface area contributed by atoms with Crippen LogP contribution in [0.25, 0.3) is 0 Å². The molecule has 2 heterocycles. The maximum atomic E-state index is 12.8. The van der Waals surface area contributed by atoms with Crippen molar-refractivity contribution in [3.63, 3.8) is 0 Å². The first kappa shape index (κ1) is 26.1. The molecule has 0 saturated carbocycles. The second kappa shape index (κ2) is 11.9. The Morgan fingerprint density at radius 2 is 1.86 bits per heavy atom. The van der Waals surface area contributed by atoms with Crippen molar-refractivity contribution in [1.29, 1.82) is 0 Å². The fraction of sp³-hybridized carbons (Fsp3) is 0.321. The first-order valence-corrected chi connectivity index (χ1v) is 12.8. The van der Waals surface area contributed by atoms with E-state index in [0.717, 1.165) is 37.2 Å². The van der Waals surface area contributed by atoms with Gasteiger partial charge < -0.3 is 15.7 Å². The molecule has 0 spiro atoms. The summed E-state index contributed by atoms with van der Waals surface area (Å²) in [6.45, 7) is 3.84. The number of aryl methyl sites for hydroxylation is 1. The molecule has 36 heavy (non-hydrogen) atoms. The van der Waals surface area contributed by atoms with Crippen molar-refractivity contribution < 1.29 is 14.7 Å². The van der Waals surface area contributed by atoms with Crippen molar-refractivity contribution in [1.82, 2.24) is 10.6 Å². The lowest BCUT2D eigenvalue weighted by Gasteiger charge is -2.28. The average Bonchev–Trinajstić information content (AvgIpc) is 2.85. The highest BCUT2D eigenvalue weighted by Crippen LogP contribution is 2.30. The van der Waals surface area contributed by atoms with E-state index in [1.54, 1.807) is 18.2 Å². The summed E-state index contributed by atoms with van der Waals surface area (Å²) in [4.78, 5) is 29.8. The van der Waals surface area contributed by atoms with Gasteiger partial charge in [0.25, 0.3) is 5.91 Å². The molecule has 2 aliphatic rings. The van der Waals surface area contributed by atoms with Gasteiger partial charge in [0.2, 0.25) is 0 Å². The summed E-state index contributed by atoms with van der Waals surface area (Å²) in [5, 5.41) is 16.1. The Kier molecular flexibility index (Phi) is 8.62. The Bertz CT molecular complexity index is 1210. The van der Waals surface area contributed by atoms with Crippen LogP contribution in [0.1, 0.15) is 40.7 Å². The number of aliphatic imine (C=N–C) groups is 1. The van der Waals surface area contributed by atoms with Gasteiger partial charge in [-0.05, 0) is 44.0 Å². The molecule has 0 unspecified atom stereocenters. The Morgan fingerprint density at radius 1 is 1.14 bits per heavy atom. The fourth-order valence-electron chi connectivity index (χ4n) is 4.58. The second-order valence-electron chi connectivity index (χ2n) is 9.15. The van der Waals surface area contributed by atoms with E-state index < -0.39 is 17.9 Å². The first-order valence-electron chi connectivity index (χ1n) is 12.0. The lowest BCUT2D eigenvalue weighted by Crippen LogP contribution is -2.41. The third-order valence-electron chi connectivity index (χ3n) is 6.54. The minimum atomic E-state index is -1.17. The Morgan fingerprint density at radius 3 is 2.50 bits per heavy atom. The standard InChI is InChI=1S/C28H29Cl2N3O3/c1-17-5-7-18(8-6-17)15-24-21(19-11-13-31-14-12-19)10-9-20(32-24)16-25(28(35)36)33-27(34)26-22(29)3-2-4-23(26)30/h2-9,11,21,25,31H,10,12-16H2,1H3,(H,33,34)(H,35,36)/t21-,25+/m1/s1. The number of amides is 1. The van der Waals surface area contributed by atoms with Gasteiger partial charge in [0.05, 0.1) is 15.6 Å². The predicted molar refractivity (Wildman–Crippen MR) is 144 cm³/mol. The number of nitrogens with one attached hydrogen (secondary N) is 2. The maximum absolute atomic E-state index is 12.8. The molecule has 1 amide bonds. The van der Waals surface area contributed by atoms with Crippen molar-refractivity contribution >= 4 is 40.8 Å². The van der Waals surface area contributed by atoms with Gasteiger partial charge >= 0.3 is 5.97 Å². The highest BCUT2D eigenvalue weighted by molar-refractivity contribution is 6.39. The van der Waals surface area contributed by atoms with Crippen molar-refractivity contribution in [2.75, 3.05) is 13.1 Å². The fourth-order valence-corrected chi connectivity index (χ4v) is 5.15. The Hall–Kier alpha value is -2.93. The molecule has 0 saturated heterocycles. The zero-order chi connectivity index (χ0) is 25.7. The van der Waals surface area contributed by atoms with E-state index in [1.807, 2.05) is 6.08 Å². The van der Waals surface area contributed by atoms with Gasteiger partial charge in [-0.1, -0.05) is 76.8 Å². The normalized spacial score (nSPS) is 18.5. The van der Waals surface area contributed by atoms with Crippen LogP contribution in [0.3, 0.4) is 0 Å². The number of halogens is 2. The van der Waals surface area contributed by atoms with Crippen LogP contribution in [0.15, 0.2) is 70.9 Å². The number of benzene rings is 2. The first-order chi connectivity index (χ1) is 17.3. The number of allylic oxidation sites excluding steroid dienone is 1. The molecule has 0 bridgehead atoms. The molecule has 2 aromatic rings. The molecule has 0 radical (unpaired) electrons. The van der Waals surface area contributed by atoms with Crippen molar-refractivity contribution in [3.8, 4) is 0 Å². The van der Waals surface area contributed by atoms with E-state index in [2.05, 4.69) is 47.9 Å². The zero-order valence-corrected chi connectivity index (χ0v) is 21.6. The van der Waals surface area contributed by atoms with Crippen molar-refractivity contribution in [2.45, 2.75) is 38.6 Å². The van der Waals surface area contributed by atoms with E-state index in [0.29, 0.717) is 12.1 Å². The topological polar surface area (TPSA) is 90.8 Å². The lowest BCUT2D eigenvalue weighted by molar-refractivity contribution is -0.139. The number of carboxylic acids is 1. The molecule has 0 fully saturated rings. The summed E-state index contributed by atoms with van der Waals surface area (Å²) in [6, 6.07) is 11.9. The van der Waals surface area contributed by atoms with E-state index in [1.165, 1.54) is 11.1 Å². The maximum Gasteiger partial charge on any atom is 0.326 e. The largest absolute Gasteiger partial charge is 0.480 e. The molecular formula is C28H29Cl2N3O3. The quantitative estimate of drug-likeness (QED) is 0.403. The Balaban J connectivity index is 1.55. The number of hydrogen-bond acceptors (Lipinski definition) is 4. The van der Waals surface area contributed by atoms with Crippen LogP contribution in [-0.4, -0.2) is 41.8 Å². The summed E-state index contributed by atoms with van der Waals surface area (Å²) in [5.41, 5.74) is 5.46. The van der Waals surface area contributed by atoms with E-state index >= 15 is 0 Å². The van der Waals surface area contributed by atoms with Crippen LogP contribution in [0.2, 0.25) is 10.0 Å². The highest BCUT2D eigenvalue weighted by Gasteiger charge is 2.28. The summed E-state index contributed by atoms with van der Waals surface area (Å²) in [5.74, 6) is -1.58. The van der Waals surface area contributed by atoms with Gasteiger partial charge in [-0.15, -0.1) is 0 Å². The second-order valence-corrected chi connectivity index (χ2v) is 9.96. The molecule has 0 aliphatic carbocycles. The summed E-state index contributed by atoms with van der Waals surface area (Å²) >= 11 is 12.3. The molecule has 4 rings (SSSR count). The molecule has 2 aliphatic heterocycles. The molecule has 6 nitrogen and oxygen atoms in total. The minimum absolute atomic E-state index is 0.0613. The van der Waals surface area contributed by atoms with E-state index in [4.69, 9.17) is 28.2 Å². The molecule has 2 aromatic carbocycles. The number of rotatable bonds is 8. The summed E-state index contributed by atoms with van der Waals surface area (Å²) in [7, 11) is 0. The minimum Gasteiger partial charge on any atom is -0.480 e. The van der Waals surface area contributed by atoms with Gasteiger partial charge in [-0.3, -0.25) is 9.79 Å². The van der Waals surface area contributed by atoms with Crippen molar-refractivity contribution in [3.05, 3.63) is 92.6 Å². The van der Waals surface area contributed by atoms with Gasteiger partial charge in [0, 0.05) is 36.7 Å². The summed E-state index contributed by atoms with van der Waals surface area (Å²) < 4.78 is 0. The molecule has 2 atom stereocenters. The van der Waals surface area contributed by atoms with Gasteiger partial charge in [-0.2, -0.15) is 0 Å². The lowest BCUT2D eigenvalue weighted by atomic mass is 9.82. The van der Waals surface area contributed by atoms with E-state index in [9.17, 15) is 14.7 Å². The van der Waals surface area contributed by atoms with Gasteiger partial charge in [0.1, 0.15) is 6.04 Å². The number of nitrogens with zero attached hydrogens (tertiary/aromatic N) is 1. The van der Waals surface area contributed by atoms with E-state index in [-0.39, 0.29) is 27.9 Å². The third kappa shape index (κ3) is 6.44. The van der Waals surface area contributed by atoms with Crippen molar-refractivity contribution in [2.24, 2.45) is 10.9 Å². The number of carboxylic acid groups (broad SMARTS) is 1. The van der Waals surface area contributed by atoms with Gasteiger partial charge in [-0.25, -0.2) is 4.79 Å². The Labute approximate surface area is 221 Å². The monoisotopic (exact) mass is 525 g/mol. The number of carbonyl (C=O) groups is 2. The molecular weight excluding hydrogens is 497 g/mol. The van der Waals surface area contributed by atoms with Crippen LogP contribution < -0.4 is 10.6 Å². The van der Waals surface area contributed by atoms with Crippen LogP contribution in [-0.2, 0) is 11.2 Å². The van der Waals surface area contributed by atoms with Crippen LogP contribution in [0.5, 0.6) is 0 Å². The predicted octanol–water partition coefficient (Wildman–Crippen LogP) is 5.38. The SMILES string of the molecule is Cc1ccc(CC2=NC(C[C@H](NC(=O)c3c(Cl)cccc3Cl)C(=O)O)=CC[C@@H]2C2=CCNCC2)cc1. The summed E-state index contributed by atoms with van der Waals surface area (Å²) in [6.07, 6.45) is 6.71. The number of carbonyl (C=O) groups excluding carboxylic acids is 1. The van der Waals surface area contributed by atoms with Crippen LogP contribution >= 0.6 is 23.2 Å². The van der Waals surface area contributed by atoms with Crippen LogP contribution in [0.4, 0.5) is 0 Å². The molecule has 8 heteroatoms. The average molecular weight is 526 g/mol. The third-order valence-corrected chi connectivity index (χ3v) is 7.17.